The van der Waals surface area contributed by atoms with E-state index in [9.17, 15) is 0 Å². The van der Waals surface area contributed by atoms with Crippen LogP contribution in [-0.2, 0) is 0 Å². The molecule has 0 aromatic carbocycles. The molecule has 3 nitrogen and oxygen atoms in total. The van der Waals surface area contributed by atoms with Crippen molar-refractivity contribution in [3.63, 3.8) is 0 Å². The minimum atomic E-state index is 0.551. The van der Waals surface area contributed by atoms with Crippen LogP contribution in [0.25, 0.3) is 0 Å². The van der Waals surface area contributed by atoms with E-state index in [4.69, 9.17) is 0 Å². The summed E-state index contributed by atoms with van der Waals surface area (Å²) in [6.45, 7) is 2.26. The van der Waals surface area contributed by atoms with E-state index in [-0.39, 0.29) is 0 Å². The summed E-state index contributed by atoms with van der Waals surface area (Å²) in [4.78, 5) is 4.29. The molecule has 1 saturated carbocycles. The third kappa shape index (κ3) is 3.00. The van der Waals surface area contributed by atoms with Crippen LogP contribution in [0.3, 0.4) is 0 Å². The van der Waals surface area contributed by atoms with Gasteiger partial charge in [0.2, 0.25) is 0 Å². The van der Waals surface area contributed by atoms with Crippen LogP contribution in [0.5, 0.6) is 0 Å². The molecule has 1 fully saturated rings. The van der Waals surface area contributed by atoms with Crippen LogP contribution in [0.1, 0.15) is 39.0 Å². The van der Waals surface area contributed by atoms with Gasteiger partial charge in [0.15, 0.2) is 5.96 Å². The lowest BCUT2D eigenvalue weighted by Crippen LogP contribution is -2.43. The Kier molecular flexibility index (Phi) is 3.86. The van der Waals surface area contributed by atoms with Crippen LogP contribution < -0.4 is 10.6 Å². The van der Waals surface area contributed by atoms with E-state index in [0.29, 0.717) is 12.1 Å². The van der Waals surface area contributed by atoms with Gasteiger partial charge in [-0.1, -0.05) is 25.5 Å². The molecule has 2 rings (SSSR count). The van der Waals surface area contributed by atoms with Gasteiger partial charge in [-0.3, -0.25) is 4.99 Å². The van der Waals surface area contributed by atoms with Crippen LogP contribution in [0, 0.1) is 5.92 Å². The molecule has 2 unspecified atom stereocenters. The molecule has 2 aliphatic carbocycles. The Morgan fingerprint density at radius 3 is 2.69 bits per heavy atom. The van der Waals surface area contributed by atoms with Crippen molar-refractivity contribution in [1.82, 2.24) is 10.6 Å². The van der Waals surface area contributed by atoms with E-state index >= 15 is 0 Å². The van der Waals surface area contributed by atoms with Crippen LogP contribution in [0.15, 0.2) is 17.1 Å². The van der Waals surface area contributed by atoms with Gasteiger partial charge in [-0.2, -0.15) is 0 Å². The van der Waals surface area contributed by atoms with Gasteiger partial charge in [0.1, 0.15) is 0 Å². The predicted octanol–water partition coefficient (Wildman–Crippen LogP) is 2.06. The average Bonchev–Trinajstić information content (AvgIpc) is 2.79. The van der Waals surface area contributed by atoms with Crippen molar-refractivity contribution in [2.24, 2.45) is 10.9 Å². The molecular formula is C13H23N3. The van der Waals surface area contributed by atoms with Gasteiger partial charge in [-0.15, -0.1) is 0 Å². The van der Waals surface area contributed by atoms with Crippen LogP contribution in [0.4, 0.5) is 0 Å². The van der Waals surface area contributed by atoms with E-state index in [1.165, 1.54) is 19.3 Å². The van der Waals surface area contributed by atoms with E-state index < -0.39 is 0 Å². The summed E-state index contributed by atoms with van der Waals surface area (Å²) in [6, 6.07) is 1.22. The molecule has 0 aliphatic heterocycles. The summed E-state index contributed by atoms with van der Waals surface area (Å²) < 4.78 is 0. The van der Waals surface area contributed by atoms with Crippen molar-refractivity contribution >= 4 is 5.96 Å². The highest BCUT2D eigenvalue weighted by molar-refractivity contribution is 5.80. The number of nitrogens with one attached hydrogen (secondary N) is 2. The first-order valence-corrected chi connectivity index (χ1v) is 6.48. The molecule has 0 aromatic rings. The van der Waals surface area contributed by atoms with Gasteiger partial charge < -0.3 is 10.6 Å². The van der Waals surface area contributed by atoms with Crippen molar-refractivity contribution in [2.75, 3.05) is 7.05 Å². The maximum atomic E-state index is 4.29. The Morgan fingerprint density at radius 2 is 2.06 bits per heavy atom. The molecule has 0 aromatic heterocycles. The Hall–Kier alpha value is -0.990. The SMILES string of the molecule is CCCC1CC1NC(=NC)NC1CC=CC1. The third-order valence-electron chi connectivity index (χ3n) is 3.48. The molecule has 0 bridgehead atoms. The quantitative estimate of drug-likeness (QED) is 0.433. The molecule has 0 amide bonds. The van der Waals surface area contributed by atoms with E-state index in [1.807, 2.05) is 7.05 Å². The van der Waals surface area contributed by atoms with Crippen LogP contribution in [-0.4, -0.2) is 25.1 Å². The molecule has 3 heteroatoms. The molecule has 2 N–H and O–H groups in total. The summed E-state index contributed by atoms with van der Waals surface area (Å²) in [5.74, 6) is 1.86. The van der Waals surface area contributed by atoms with E-state index in [2.05, 4.69) is 34.7 Å². The Bertz CT molecular complexity index is 275. The molecule has 0 radical (unpaired) electrons. The zero-order valence-electron chi connectivity index (χ0n) is 10.4. The first-order chi connectivity index (χ1) is 7.83. The van der Waals surface area contributed by atoms with Crippen molar-refractivity contribution in [2.45, 2.75) is 51.1 Å². The molecule has 2 aliphatic rings. The standard InChI is InChI=1S/C13H23N3/c1-3-6-10-9-12(10)16-13(14-2)15-11-7-4-5-8-11/h4-5,10-12H,3,6-9H2,1-2H3,(H2,14,15,16). The summed E-state index contributed by atoms with van der Waals surface area (Å²) in [5, 5.41) is 6.99. The number of hydrogen-bond acceptors (Lipinski definition) is 1. The Labute approximate surface area is 98.4 Å². The normalized spacial score (nSPS) is 29.5. The Balaban J connectivity index is 1.70. The molecule has 0 heterocycles. The largest absolute Gasteiger partial charge is 0.353 e. The number of hydrogen-bond donors (Lipinski definition) is 2. The lowest BCUT2D eigenvalue weighted by Gasteiger charge is -2.16. The first kappa shape index (κ1) is 11.5. The molecular weight excluding hydrogens is 198 g/mol. The maximum absolute atomic E-state index is 4.29. The van der Waals surface area contributed by atoms with Crippen molar-refractivity contribution in [1.29, 1.82) is 0 Å². The molecule has 0 saturated heterocycles. The van der Waals surface area contributed by atoms with E-state index in [1.54, 1.807) is 0 Å². The first-order valence-electron chi connectivity index (χ1n) is 6.48. The predicted molar refractivity (Wildman–Crippen MR) is 68.6 cm³/mol. The molecule has 16 heavy (non-hydrogen) atoms. The summed E-state index contributed by atoms with van der Waals surface area (Å²) in [6.07, 6.45) is 10.7. The van der Waals surface area contributed by atoms with Gasteiger partial charge in [0, 0.05) is 19.1 Å². The van der Waals surface area contributed by atoms with Crippen LogP contribution >= 0.6 is 0 Å². The zero-order valence-corrected chi connectivity index (χ0v) is 10.4. The highest BCUT2D eigenvalue weighted by Crippen LogP contribution is 2.34. The zero-order chi connectivity index (χ0) is 11.4. The Morgan fingerprint density at radius 1 is 1.31 bits per heavy atom. The van der Waals surface area contributed by atoms with Crippen molar-refractivity contribution in [3.8, 4) is 0 Å². The second-order valence-corrected chi connectivity index (χ2v) is 4.89. The summed E-state index contributed by atoms with van der Waals surface area (Å²) >= 11 is 0. The van der Waals surface area contributed by atoms with Crippen molar-refractivity contribution < 1.29 is 0 Å². The molecule has 2 atom stereocenters. The number of guanidine groups is 1. The highest BCUT2D eigenvalue weighted by atomic mass is 15.2. The lowest BCUT2D eigenvalue weighted by molar-refractivity contribution is 0.615. The number of nitrogens with zero attached hydrogens (tertiary/aromatic N) is 1. The second-order valence-electron chi connectivity index (χ2n) is 4.89. The molecule has 0 spiro atoms. The van der Waals surface area contributed by atoms with Gasteiger partial charge >= 0.3 is 0 Å². The second kappa shape index (κ2) is 5.37. The molecule has 90 valence electrons. The minimum Gasteiger partial charge on any atom is -0.353 e. The van der Waals surface area contributed by atoms with Gasteiger partial charge in [-0.25, -0.2) is 0 Å². The van der Waals surface area contributed by atoms with E-state index in [0.717, 1.165) is 24.7 Å². The van der Waals surface area contributed by atoms with Gasteiger partial charge in [-0.05, 0) is 31.6 Å². The highest BCUT2D eigenvalue weighted by Gasteiger charge is 2.36. The third-order valence-corrected chi connectivity index (χ3v) is 3.48. The summed E-state index contributed by atoms with van der Waals surface area (Å²) in [5.41, 5.74) is 0. The minimum absolute atomic E-state index is 0.551. The maximum Gasteiger partial charge on any atom is 0.191 e. The summed E-state index contributed by atoms with van der Waals surface area (Å²) in [7, 11) is 1.86. The fourth-order valence-electron chi connectivity index (χ4n) is 2.39. The number of aliphatic imine (C=N–C) groups is 1. The lowest BCUT2D eigenvalue weighted by atomic mass is 10.2. The fourth-order valence-corrected chi connectivity index (χ4v) is 2.39. The topological polar surface area (TPSA) is 36.4 Å². The van der Waals surface area contributed by atoms with Crippen molar-refractivity contribution in [3.05, 3.63) is 12.2 Å². The monoisotopic (exact) mass is 221 g/mol. The average molecular weight is 221 g/mol. The van der Waals surface area contributed by atoms with Gasteiger partial charge in [0.25, 0.3) is 0 Å². The fraction of sp³-hybridized carbons (Fsp3) is 0.769. The van der Waals surface area contributed by atoms with Gasteiger partial charge in [0.05, 0.1) is 0 Å². The smallest absolute Gasteiger partial charge is 0.191 e. The number of rotatable bonds is 4. The van der Waals surface area contributed by atoms with Crippen LogP contribution in [0.2, 0.25) is 0 Å².